The van der Waals surface area contributed by atoms with Crippen molar-refractivity contribution in [2.45, 2.75) is 58.8 Å². The third kappa shape index (κ3) is 7.52. The molecule has 0 unspecified atom stereocenters. The summed E-state index contributed by atoms with van der Waals surface area (Å²) in [6.45, 7) is 6.17. The summed E-state index contributed by atoms with van der Waals surface area (Å²) in [5, 5.41) is 0.717. The van der Waals surface area contributed by atoms with Crippen LogP contribution in [0.4, 0.5) is 0 Å². The first-order valence-corrected chi connectivity index (χ1v) is 8.57. The highest BCUT2D eigenvalue weighted by molar-refractivity contribution is 6.30. The molecule has 1 amide bonds. The fourth-order valence-corrected chi connectivity index (χ4v) is 2.48. The molecule has 0 aliphatic heterocycles. The van der Waals surface area contributed by atoms with Crippen LogP contribution < -0.4 is 0 Å². The number of rotatable bonds is 10. The number of nitrogens with zero attached hydrogens (tertiary/aromatic N) is 1. The van der Waals surface area contributed by atoms with Crippen molar-refractivity contribution in [2.24, 2.45) is 0 Å². The lowest BCUT2D eigenvalue weighted by Crippen LogP contribution is -2.34. The van der Waals surface area contributed by atoms with E-state index < -0.39 is 0 Å². The highest BCUT2D eigenvalue weighted by Gasteiger charge is 2.13. The van der Waals surface area contributed by atoms with Crippen LogP contribution in [0.1, 0.15) is 57.9 Å². The molecule has 0 atom stereocenters. The minimum Gasteiger partial charge on any atom is -0.342 e. The van der Waals surface area contributed by atoms with Gasteiger partial charge in [-0.2, -0.15) is 0 Å². The zero-order valence-corrected chi connectivity index (χ0v) is 14.2. The van der Waals surface area contributed by atoms with Gasteiger partial charge in [0.05, 0.1) is 6.42 Å². The molecule has 0 aliphatic rings. The summed E-state index contributed by atoms with van der Waals surface area (Å²) in [5.74, 6) is 0.240. The molecule has 0 fully saturated rings. The quantitative estimate of drug-likeness (QED) is 0.551. The van der Waals surface area contributed by atoms with Gasteiger partial charge in [-0.15, -0.1) is 0 Å². The SMILES string of the molecule is CCCCCN(CCCCC)C(=O)Cc1ccc(Cl)cc1. The van der Waals surface area contributed by atoms with Crippen molar-refractivity contribution in [3.8, 4) is 0 Å². The lowest BCUT2D eigenvalue weighted by Gasteiger charge is -2.23. The minimum atomic E-state index is 0.240. The van der Waals surface area contributed by atoms with Crippen molar-refractivity contribution in [1.29, 1.82) is 0 Å². The molecule has 0 spiro atoms. The largest absolute Gasteiger partial charge is 0.342 e. The van der Waals surface area contributed by atoms with Gasteiger partial charge in [-0.05, 0) is 30.5 Å². The minimum absolute atomic E-state index is 0.240. The lowest BCUT2D eigenvalue weighted by atomic mass is 10.1. The van der Waals surface area contributed by atoms with Gasteiger partial charge in [-0.1, -0.05) is 63.3 Å². The molecular weight excluding hydrogens is 282 g/mol. The lowest BCUT2D eigenvalue weighted by molar-refractivity contribution is -0.130. The van der Waals surface area contributed by atoms with E-state index in [4.69, 9.17) is 11.6 Å². The maximum absolute atomic E-state index is 12.5. The Balaban J connectivity index is 2.53. The Morgan fingerprint density at radius 3 is 1.95 bits per heavy atom. The summed E-state index contributed by atoms with van der Waals surface area (Å²) in [6.07, 6.45) is 7.46. The van der Waals surface area contributed by atoms with E-state index in [1.807, 2.05) is 29.2 Å². The molecule has 2 nitrogen and oxygen atoms in total. The number of carbonyl (C=O) groups is 1. The normalized spacial score (nSPS) is 10.6. The Labute approximate surface area is 134 Å². The maximum atomic E-state index is 12.5. The van der Waals surface area contributed by atoms with Crippen LogP contribution in [0.3, 0.4) is 0 Å². The predicted octanol–water partition coefficient (Wildman–Crippen LogP) is 5.09. The van der Waals surface area contributed by atoms with E-state index in [0.717, 1.165) is 31.5 Å². The number of hydrogen-bond acceptors (Lipinski definition) is 1. The Morgan fingerprint density at radius 2 is 1.48 bits per heavy atom. The van der Waals surface area contributed by atoms with Crippen LogP contribution in [0.2, 0.25) is 5.02 Å². The molecule has 1 aromatic rings. The third-order valence-corrected chi connectivity index (χ3v) is 3.94. The van der Waals surface area contributed by atoms with Gasteiger partial charge in [0, 0.05) is 18.1 Å². The first-order chi connectivity index (χ1) is 10.2. The first-order valence-electron chi connectivity index (χ1n) is 8.19. The van der Waals surface area contributed by atoms with Crippen molar-refractivity contribution in [1.82, 2.24) is 4.90 Å². The van der Waals surface area contributed by atoms with Crippen molar-refractivity contribution in [3.63, 3.8) is 0 Å². The van der Waals surface area contributed by atoms with Crippen LogP contribution >= 0.6 is 11.6 Å². The van der Waals surface area contributed by atoms with Gasteiger partial charge in [-0.3, -0.25) is 4.79 Å². The molecule has 21 heavy (non-hydrogen) atoms. The summed E-state index contributed by atoms with van der Waals surface area (Å²) >= 11 is 5.88. The molecule has 3 heteroatoms. The molecule has 1 aromatic carbocycles. The Bertz CT molecular complexity index is 392. The number of halogens is 1. The van der Waals surface area contributed by atoms with E-state index in [0.29, 0.717) is 11.4 Å². The average molecular weight is 310 g/mol. The molecule has 0 radical (unpaired) electrons. The van der Waals surface area contributed by atoms with Crippen LogP contribution in [0, 0.1) is 0 Å². The van der Waals surface area contributed by atoms with E-state index in [9.17, 15) is 4.79 Å². The van der Waals surface area contributed by atoms with Crippen LogP contribution in [-0.4, -0.2) is 23.9 Å². The highest BCUT2D eigenvalue weighted by atomic mass is 35.5. The molecule has 0 bridgehead atoms. The second kappa shape index (κ2) is 10.7. The van der Waals surface area contributed by atoms with E-state index in [-0.39, 0.29) is 5.91 Å². The molecule has 0 N–H and O–H groups in total. The average Bonchev–Trinajstić information content (AvgIpc) is 2.48. The number of hydrogen-bond donors (Lipinski definition) is 0. The summed E-state index contributed by atoms with van der Waals surface area (Å²) in [4.78, 5) is 14.5. The number of unbranched alkanes of at least 4 members (excludes halogenated alkanes) is 4. The second-order valence-electron chi connectivity index (χ2n) is 5.60. The molecular formula is C18H28ClNO. The molecule has 118 valence electrons. The monoisotopic (exact) mass is 309 g/mol. The van der Waals surface area contributed by atoms with E-state index in [2.05, 4.69) is 13.8 Å². The molecule has 0 aromatic heterocycles. The number of amides is 1. The predicted molar refractivity (Wildman–Crippen MR) is 90.8 cm³/mol. The van der Waals surface area contributed by atoms with Crippen LogP contribution in [0.25, 0.3) is 0 Å². The van der Waals surface area contributed by atoms with E-state index >= 15 is 0 Å². The Morgan fingerprint density at radius 1 is 0.952 bits per heavy atom. The fourth-order valence-electron chi connectivity index (χ4n) is 2.36. The topological polar surface area (TPSA) is 20.3 Å². The molecule has 1 rings (SSSR count). The summed E-state index contributed by atoms with van der Waals surface area (Å²) in [5.41, 5.74) is 1.04. The summed E-state index contributed by atoms with van der Waals surface area (Å²) in [6, 6.07) is 7.58. The van der Waals surface area contributed by atoms with E-state index in [1.54, 1.807) is 0 Å². The van der Waals surface area contributed by atoms with Crippen LogP contribution in [0.5, 0.6) is 0 Å². The Kier molecular flexibility index (Phi) is 9.16. The van der Waals surface area contributed by atoms with Crippen molar-refractivity contribution in [2.75, 3.05) is 13.1 Å². The van der Waals surface area contributed by atoms with Gasteiger partial charge < -0.3 is 4.90 Å². The zero-order chi connectivity index (χ0) is 15.5. The zero-order valence-electron chi connectivity index (χ0n) is 13.4. The third-order valence-electron chi connectivity index (χ3n) is 3.68. The van der Waals surface area contributed by atoms with Gasteiger partial charge in [0.25, 0.3) is 0 Å². The molecule has 0 heterocycles. The van der Waals surface area contributed by atoms with Crippen molar-refractivity contribution >= 4 is 17.5 Å². The summed E-state index contributed by atoms with van der Waals surface area (Å²) < 4.78 is 0. The molecule has 0 aliphatic carbocycles. The number of carbonyl (C=O) groups excluding carboxylic acids is 1. The molecule has 0 saturated heterocycles. The second-order valence-corrected chi connectivity index (χ2v) is 6.03. The smallest absolute Gasteiger partial charge is 0.226 e. The van der Waals surface area contributed by atoms with Crippen LogP contribution in [0.15, 0.2) is 24.3 Å². The fraction of sp³-hybridized carbons (Fsp3) is 0.611. The first kappa shape index (κ1) is 18.0. The van der Waals surface area contributed by atoms with Gasteiger partial charge in [0.15, 0.2) is 0 Å². The van der Waals surface area contributed by atoms with Gasteiger partial charge in [0.2, 0.25) is 5.91 Å². The van der Waals surface area contributed by atoms with Gasteiger partial charge in [-0.25, -0.2) is 0 Å². The Hall–Kier alpha value is -1.02. The summed E-state index contributed by atoms with van der Waals surface area (Å²) in [7, 11) is 0. The number of benzene rings is 1. The van der Waals surface area contributed by atoms with Gasteiger partial charge in [0.1, 0.15) is 0 Å². The maximum Gasteiger partial charge on any atom is 0.226 e. The standard InChI is InChI=1S/C18H28ClNO/c1-3-5-7-13-20(14-8-6-4-2)18(21)15-16-9-11-17(19)12-10-16/h9-12H,3-8,13-15H2,1-2H3. The molecule has 0 saturated carbocycles. The van der Waals surface area contributed by atoms with Crippen molar-refractivity contribution < 1.29 is 4.79 Å². The highest BCUT2D eigenvalue weighted by Crippen LogP contribution is 2.12. The van der Waals surface area contributed by atoms with Gasteiger partial charge >= 0.3 is 0 Å². The van der Waals surface area contributed by atoms with Crippen LogP contribution in [-0.2, 0) is 11.2 Å². The van der Waals surface area contributed by atoms with Crippen molar-refractivity contribution in [3.05, 3.63) is 34.9 Å². The van der Waals surface area contributed by atoms with E-state index in [1.165, 1.54) is 25.7 Å².